The summed E-state index contributed by atoms with van der Waals surface area (Å²) in [6, 6.07) is 1.06. The van der Waals surface area contributed by atoms with Crippen LogP contribution in [0.1, 0.15) is 10.4 Å². The number of aromatic carboxylic acids is 1. The molecule has 0 spiro atoms. The van der Waals surface area contributed by atoms with Gasteiger partial charge in [-0.25, -0.2) is 9.18 Å². The minimum atomic E-state index is -1.72. The molecule has 0 bridgehead atoms. The van der Waals surface area contributed by atoms with Gasteiger partial charge >= 0.3 is 5.97 Å². The van der Waals surface area contributed by atoms with E-state index in [0.29, 0.717) is 12.1 Å². The Bertz CT molecular complexity index is 551. The van der Waals surface area contributed by atoms with Crippen LogP contribution in [-0.4, -0.2) is 56.7 Å². The number of anilines is 1. The van der Waals surface area contributed by atoms with Crippen molar-refractivity contribution in [3.8, 4) is 0 Å². The number of aliphatic hydroxyl groups is 3. The maximum absolute atomic E-state index is 13.5. The Morgan fingerprint density at radius 1 is 1.29 bits per heavy atom. The summed E-state index contributed by atoms with van der Waals surface area (Å²) in [5, 5.41) is 49.4. The van der Waals surface area contributed by atoms with Gasteiger partial charge in [-0.05, 0) is 6.07 Å². The van der Waals surface area contributed by atoms with Gasteiger partial charge in [0.1, 0.15) is 17.0 Å². The maximum Gasteiger partial charge on any atom is 0.338 e. The van der Waals surface area contributed by atoms with Gasteiger partial charge in [-0.2, -0.15) is 0 Å². The maximum atomic E-state index is 13.5. The molecule has 0 fully saturated rings. The lowest BCUT2D eigenvalue weighted by Crippen LogP contribution is -2.49. The van der Waals surface area contributed by atoms with Gasteiger partial charge in [-0.1, -0.05) is 0 Å². The highest BCUT2D eigenvalue weighted by molar-refractivity contribution is 5.90. The second kappa shape index (κ2) is 6.43. The van der Waals surface area contributed by atoms with Crippen molar-refractivity contribution in [1.82, 2.24) is 0 Å². The first-order valence-electron chi connectivity index (χ1n) is 5.62. The van der Waals surface area contributed by atoms with Crippen molar-refractivity contribution in [3.63, 3.8) is 0 Å². The Hall–Kier alpha value is -2.30. The number of rotatable bonds is 7. The van der Waals surface area contributed by atoms with E-state index in [4.69, 9.17) is 20.4 Å². The molecule has 0 aliphatic carbocycles. The molecular formula is C11H13FN2O7. The summed E-state index contributed by atoms with van der Waals surface area (Å²) in [6.07, 6.45) is 0. The summed E-state index contributed by atoms with van der Waals surface area (Å²) in [7, 11) is 0. The molecule has 1 aromatic rings. The van der Waals surface area contributed by atoms with Crippen LogP contribution >= 0.6 is 0 Å². The zero-order valence-corrected chi connectivity index (χ0v) is 10.6. The minimum absolute atomic E-state index is 0.405. The smallest absolute Gasteiger partial charge is 0.338 e. The van der Waals surface area contributed by atoms with Crippen LogP contribution in [0.15, 0.2) is 12.1 Å². The van der Waals surface area contributed by atoms with Gasteiger partial charge in [0.25, 0.3) is 5.69 Å². The zero-order valence-electron chi connectivity index (χ0n) is 10.6. The van der Waals surface area contributed by atoms with Crippen LogP contribution in [0.2, 0.25) is 0 Å². The highest BCUT2D eigenvalue weighted by Crippen LogP contribution is 2.30. The van der Waals surface area contributed by atoms with Crippen molar-refractivity contribution in [2.45, 2.75) is 5.54 Å². The Morgan fingerprint density at radius 2 is 1.81 bits per heavy atom. The summed E-state index contributed by atoms with van der Waals surface area (Å²) < 4.78 is 13.5. The average Bonchev–Trinajstić information content (AvgIpc) is 2.45. The lowest BCUT2D eigenvalue weighted by atomic mass is 10.0. The number of aliphatic hydroxyl groups excluding tert-OH is 3. The molecule has 0 aliphatic rings. The fourth-order valence-corrected chi connectivity index (χ4v) is 1.53. The summed E-state index contributed by atoms with van der Waals surface area (Å²) >= 11 is 0. The van der Waals surface area contributed by atoms with Crippen molar-refractivity contribution >= 4 is 17.3 Å². The van der Waals surface area contributed by atoms with Crippen LogP contribution in [-0.2, 0) is 0 Å². The third-order valence-electron chi connectivity index (χ3n) is 2.82. The Balaban J connectivity index is 3.41. The second-order valence-electron chi connectivity index (χ2n) is 4.29. The summed E-state index contributed by atoms with van der Waals surface area (Å²) in [5.41, 5.74) is -3.79. The SMILES string of the molecule is O=C(O)c1cc(NC(CO)(CO)CO)c([N+](=O)[O-])cc1F. The number of nitro groups is 1. The number of nitrogens with one attached hydrogen (secondary N) is 1. The lowest BCUT2D eigenvalue weighted by molar-refractivity contribution is -0.384. The number of carboxylic acids is 1. The van der Waals surface area contributed by atoms with E-state index in [-0.39, 0.29) is 0 Å². The second-order valence-corrected chi connectivity index (χ2v) is 4.29. The molecule has 5 N–H and O–H groups in total. The molecule has 0 amide bonds. The lowest BCUT2D eigenvalue weighted by Gasteiger charge is -2.29. The number of nitro benzene ring substituents is 1. The van der Waals surface area contributed by atoms with E-state index in [0.717, 1.165) is 0 Å². The normalized spacial score (nSPS) is 11.2. The predicted molar refractivity (Wildman–Crippen MR) is 67.6 cm³/mol. The van der Waals surface area contributed by atoms with Gasteiger partial charge in [0.05, 0.1) is 36.4 Å². The van der Waals surface area contributed by atoms with Gasteiger partial charge < -0.3 is 25.7 Å². The van der Waals surface area contributed by atoms with E-state index < -0.39 is 59.0 Å². The van der Waals surface area contributed by atoms with E-state index >= 15 is 0 Å². The van der Waals surface area contributed by atoms with Crippen molar-refractivity contribution in [3.05, 3.63) is 33.6 Å². The van der Waals surface area contributed by atoms with Crippen molar-refractivity contribution in [2.75, 3.05) is 25.1 Å². The number of halogens is 1. The molecule has 0 aliphatic heterocycles. The summed E-state index contributed by atoms with van der Waals surface area (Å²) in [6.45, 7) is -2.38. The van der Waals surface area contributed by atoms with Crippen molar-refractivity contribution < 1.29 is 34.5 Å². The van der Waals surface area contributed by atoms with E-state index in [1.165, 1.54) is 0 Å². The number of hydrogen-bond acceptors (Lipinski definition) is 7. The number of carbonyl (C=O) groups is 1. The van der Waals surface area contributed by atoms with Gasteiger partial charge in [0.2, 0.25) is 0 Å². The largest absolute Gasteiger partial charge is 0.478 e. The fraction of sp³-hybridized carbons (Fsp3) is 0.364. The summed E-state index contributed by atoms with van der Waals surface area (Å²) in [5.74, 6) is -2.95. The third-order valence-corrected chi connectivity index (χ3v) is 2.82. The van der Waals surface area contributed by atoms with Gasteiger partial charge in [0.15, 0.2) is 0 Å². The minimum Gasteiger partial charge on any atom is -0.478 e. The third kappa shape index (κ3) is 3.42. The molecule has 116 valence electrons. The van der Waals surface area contributed by atoms with Crippen LogP contribution in [0.4, 0.5) is 15.8 Å². The monoisotopic (exact) mass is 304 g/mol. The van der Waals surface area contributed by atoms with Crippen LogP contribution in [0, 0.1) is 15.9 Å². The summed E-state index contributed by atoms with van der Waals surface area (Å²) in [4.78, 5) is 20.7. The van der Waals surface area contributed by atoms with Gasteiger partial charge in [-0.15, -0.1) is 0 Å². The van der Waals surface area contributed by atoms with E-state index in [1.807, 2.05) is 0 Å². The first-order chi connectivity index (χ1) is 9.80. The van der Waals surface area contributed by atoms with Crippen LogP contribution < -0.4 is 5.32 Å². The first-order valence-corrected chi connectivity index (χ1v) is 5.62. The molecule has 10 heteroatoms. The van der Waals surface area contributed by atoms with E-state index in [1.54, 1.807) is 0 Å². The van der Waals surface area contributed by atoms with Crippen LogP contribution in [0.3, 0.4) is 0 Å². The van der Waals surface area contributed by atoms with E-state index in [2.05, 4.69) is 5.32 Å². The van der Waals surface area contributed by atoms with Gasteiger partial charge in [0, 0.05) is 0 Å². The molecule has 0 atom stereocenters. The molecule has 0 heterocycles. The van der Waals surface area contributed by atoms with Crippen molar-refractivity contribution in [1.29, 1.82) is 0 Å². The molecule has 0 aromatic heterocycles. The fourth-order valence-electron chi connectivity index (χ4n) is 1.53. The highest BCUT2D eigenvalue weighted by Gasteiger charge is 2.32. The molecular weight excluding hydrogens is 291 g/mol. The standard InChI is InChI=1S/C11H13FN2O7/c12-7-2-9(14(20)21)8(1-6(7)10(18)19)13-11(3-15,4-16)5-17/h1-2,13,15-17H,3-5H2,(H,18,19). The van der Waals surface area contributed by atoms with Crippen molar-refractivity contribution in [2.24, 2.45) is 0 Å². The van der Waals surface area contributed by atoms with Gasteiger partial charge in [-0.3, -0.25) is 10.1 Å². The number of benzene rings is 1. The average molecular weight is 304 g/mol. The topological polar surface area (TPSA) is 153 Å². The Labute approximate surface area is 117 Å². The molecule has 0 unspecified atom stereocenters. The molecule has 0 saturated carbocycles. The molecule has 9 nitrogen and oxygen atoms in total. The number of hydrogen-bond donors (Lipinski definition) is 5. The number of nitrogens with zero attached hydrogens (tertiary/aromatic N) is 1. The van der Waals surface area contributed by atoms with E-state index in [9.17, 15) is 19.3 Å². The highest BCUT2D eigenvalue weighted by atomic mass is 19.1. The Kier molecular flexibility index (Phi) is 5.13. The molecule has 21 heavy (non-hydrogen) atoms. The van der Waals surface area contributed by atoms with Crippen LogP contribution in [0.25, 0.3) is 0 Å². The molecule has 1 rings (SSSR count). The van der Waals surface area contributed by atoms with Crippen LogP contribution in [0.5, 0.6) is 0 Å². The zero-order chi connectivity index (χ0) is 16.2. The molecule has 1 aromatic carbocycles. The predicted octanol–water partition coefficient (Wildman–Crippen LogP) is -0.440. The number of carboxylic acid groups (broad SMARTS) is 1. The molecule has 0 radical (unpaired) electrons. The quantitative estimate of drug-likeness (QED) is 0.335. The first kappa shape index (κ1) is 16.8. The Morgan fingerprint density at radius 3 is 2.19 bits per heavy atom. The molecule has 0 saturated heterocycles.